The van der Waals surface area contributed by atoms with Crippen LogP contribution in [0.2, 0.25) is 0 Å². The summed E-state index contributed by atoms with van der Waals surface area (Å²) >= 11 is 0. The maximum absolute atomic E-state index is 2.39. The van der Waals surface area contributed by atoms with Crippen LogP contribution in [-0.4, -0.2) is 0 Å². The van der Waals surface area contributed by atoms with Crippen molar-refractivity contribution in [3.05, 3.63) is 23.3 Å². The summed E-state index contributed by atoms with van der Waals surface area (Å²) in [4.78, 5) is 0. The molecule has 0 aromatic heterocycles. The molecule has 0 aromatic rings. The smallest absolute Gasteiger partial charge is 0.0174 e. The molecule has 0 radical (unpaired) electrons. The molecule has 2 aliphatic carbocycles. The molecular weight excluding hydrogens is 444 g/mol. The third kappa shape index (κ3) is 31.6. The first-order chi connectivity index (χ1) is 16.1. The lowest BCUT2D eigenvalue weighted by atomic mass is 9.67. The largest absolute Gasteiger partial charge is 0.0823 e. The Morgan fingerprint density at radius 3 is 0.784 bits per heavy atom. The molecule has 0 unspecified atom stereocenters. The minimum Gasteiger partial charge on any atom is -0.0823 e. The fraction of sp³-hybridized carbons (Fsp3) is 0.892. The van der Waals surface area contributed by atoms with E-state index >= 15 is 0 Å². The van der Waals surface area contributed by atoms with Crippen molar-refractivity contribution in [1.29, 1.82) is 0 Å². The van der Waals surface area contributed by atoms with Gasteiger partial charge in [-0.2, -0.15) is 0 Å². The van der Waals surface area contributed by atoms with Gasteiger partial charge in [0.1, 0.15) is 0 Å². The normalized spacial score (nSPS) is 20.5. The van der Waals surface area contributed by atoms with E-state index < -0.39 is 0 Å². The van der Waals surface area contributed by atoms with Crippen molar-refractivity contribution in [2.45, 2.75) is 177 Å². The van der Waals surface area contributed by atoms with Crippen LogP contribution in [-0.2, 0) is 0 Å². The van der Waals surface area contributed by atoms with Crippen molar-refractivity contribution in [2.24, 2.45) is 38.9 Å². The van der Waals surface area contributed by atoms with Crippen molar-refractivity contribution < 1.29 is 0 Å². The molecule has 2 rings (SSSR count). The van der Waals surface area contributed by atoms with Crippen molar-refractivity contribution in [3.8, 4) is 0 Å². The van der Waals surface area contributed by atoms with Gasteiger partial charge in [0, 0.05) is 0 Å². The zero-order valence-electron chi connectivity index (χ0n) is 30.1. The van der Waals surface area contributed by atoms with Gasteiger partial charge in [-0.15, -0.1) is 0 Å². The van der Waals surface area contributed by atoms with Crippen LogP contribution in [0.3, 0.4) is 0 Å². The maximum Gasteiger partial charge on any atom is -0.0174 e. The zero-order valence-corrected chi connectivity index (χ0v) is 30.1. The van der Waals surface area contributed by atoms with Crippen LogP contribution in [0.25, 0.3) is 0 Å². The Morgan fingerprint density at radius 2 is 0.676 bits per heavy atom. The number of hydrogen-bond donors (Lipinski definition) is 0. The Morgan fingerprint density at radius 1 is 0.486 bits per heavy atom. The Kier molecular flexibility index (Phi) is 19.1. The highest BCUT2D eigenvalue weighted by Crippen LogP contribution is 2.44. The highest BCUT2D eigenvalue weighted by Gasteiger charge is 2.31. The summed E-state index contributed by atoms with van der Waals surface area (Å²) in [7, 11) is 0. The topological polar surface area (TPSA) is 0 Å². The van der Waals surface area contributed by atoms with Crippen LogP contribution in [0, 0.1) is 38.9 Å². The first-order valence-electron chi connectivity index (χ1n) is 15.4. The molecule has 0 saturated heterocycles. The first-order valence-corrected chi connectivity index (χ1v) is 15.4. The molecular formula is C37H76. The summed E-state index contributed by atoms with van der Waals surface area (Å²) < 4.78 is 0. The average Bonchev–Trinajstić information content (AvgIpc) is 2.67. The molecule has 0 N–H and O–H groups in total. The summed E-state index contributed by atoms with van der Waals surface area (Å²) in [6.07, 6.45) is 13.0. The Labute approximate surface area is 239 Å². The Bertz CT molecular complexity index is 562. The molecule has 0 heteroatoms. The number of rotatable bonds is 1. The summed E-state index contributed by atoms with van der Waals surface area (Å²) in [5.74, 6) is 1.70. The second-order valence-electron chi connectivity index (χ2n) is 17.6. The Balaban J connectivity index is -0.000000404. The fourth-order valence-electron chi connectivity index (χ4n) is 2.87. The molecule has 1 fully saturated rings. The first kappa shape index (κ1) is 41.0. The molecule has 0 aromatic carbocycles. The standard InChI is InChI=1S/C10H20.C10H18.C6H14.C6H12.C5H12/c2*1-9(2)5-7-10(3,4)8-6-9;2*1-5(2)6(3)4;1-5(2,3)4/h5-8H2,1-4H3;5,7H,6,8H2,1-4H3;5-6H,1-4H3;1-4H3;1-4H3. The van der Waals surface area contributed by atoms with E-state index in [0.717, 1.165) is 11.8 Å². The predicted molar refractivity (Wildman–Crippen MR) is 176 cm³/mol. The van der Waals surface area contributed by atoms with Crippen molar-refractivity contribution in [1.82, 2.24) is 0 Å². The van der Waals surface area contributed by atoms with Gasteiger partial charge >= 0.3 is 0 Å². The molecule has 0 heterocycles. The highest BCUT2D eigenvalue weighted by molar-refractivity contribution is 5.06. The zero-order chi connectivity index (χ0) is 30.5. The van der Waals surface area contributed by atoms with Crippen molar-refractivity contribution in [2.75, 3.05) is 0 Å². The van der Waals surface area contributed by atoms with Gasteiger partial charge in [-0.3, -0.25) is 0 Å². The minimum absolute atomic E-state index is 0.454. The van der Waals surface area contributed by atoms with Crippen molar-refractivity contribution in [3.63, 3.8) is 0 Å². The molecule has 0 amide bonds. The van der Waals surface area contributed by atoms with Gasteiger partial charge in [-0.05, 0) is 105 Å². The van der Waals surface area contributed by atoms with E-state index in [2.05, 4.69) is 151 Å². The van der Waals surface area contributed by atoms with Gasteiger partial charge in [0.15, 0.2) is 0 Å². The van der Waals surface area contributed by atoms with Gasteiger partial charge < -0.3 is 0 Å². The third-order valence-electron chi connectivity index (χ3n) is 7.69. The number of hydrogen-bond acceptors (Lipinski definition) is 0. The lowest BCUT2D eigenvalue weighted by Crippen LogP contribution is -2.26. The van der Waals surface area contributed by atoms with Gasteiger partial charge in [0.25, 0.3) is 0 Å². The maximum atomic E-state index is 2.39. The van der Waals surface area contributed by atoms with E-state index in [1.807, 2.05) is 0 Å². The summed E-state index contributed by atoms with van der Waals surface area (Å²) in [5.41, 5.74) is 5.53. The quantitative estimate of drug-likeness (QED) is 0.301. The molecule has 0 bridgehead atoms. The van der Waals surface area contributed by atoms with Crippen LogP contribution in [0.5, 0.6) is 0 Å². The second-order valence-corrected chi connectivity index (χ2v) is 17.6. The summed E-state index contributed by atoms with van der Waals surface area (Å²) in [6.45, 7) is 45.0. The van der Waals surface area contributed by atoms with E-state index in [9.17, 15) is 0 Å². The van der Waals surface area contributed by atoms with Crippen molar-refractivity contribution >= 4 is 0 Å². The van der Waals surface area contributed by atoms with Crippen LogP contribution in [0.15, 0.2) is 23.3 Å². The Hall–Kier alpha value is -0.520. The van der Waals surface area contributed by atoms with Crippen LogP contribution >= 0.6 is 0 Å². The lowest BCUT2D eigenvalue weighted by Gasteiger charge is -2.39. The molecule has 1 saturated carbocycles. The van der Waals surface area contributed by atoms with E-state index in [-0.39, 0.29) is 0 Å². The number of allylic oxidation sites excluding steroid dienone is 4. The van der Waals surface area contributed by atoms with Gasteiger partial charge in [-0.1, -0.05) is 134 Å². The van der Waals surface area contributed by atoms with Gasteiger partial charge in [0.2, 0.25) is 0 Å². The van der Waals surface area contributed by atoms with E-state index in [4.69, 9.17) is 0 Å². The molecule has 0 nitrogen and oxygen atoms in total. The summed E-state index contributed by atoms with van der Waals surface area (Å²) in [6, 6.07) is 0. The average molecular weight is 521 g/mol. The van der Waals surface area contributed by atoms with E-state index in [1.54, 1.807) is 0 Å². The molecule has 224 valence electrons. The SMILES string of the molecule is CC(C)(C)C.CC(C)=C(C)C.CC(C)C(C)C.CC1(C)C=CC(C)(C)CC1.CC1(C)CCC(C)(C)CC1. The molecule has 0 atom stereocenters. The fourth-order valence-corrected chi connectivity index (χ4v) is 2.87. The van der Waals surface area contributed by atoms with Crippen LogP contribution in [0.4, 0.5) is 0 Å². The minimum atomic E-state index is 0.454. The van der Waals surface area contributed by atoms with E-state index in [0.29, 0.717) is 27.1 Å². The van der Waals surface area contributed by atoms with Crippen LogP contribution < -0.4 is 0 Å². The second kappa shape index (κ2) is 17.2. The molecule has 37 heavy (non-hydrogen) atoms. The predicted octanol–water partition coefficient (Wildman–Crippen LogP) is 13.7. The summed E-state index contributed by atoms with van der Waals surface area (Å²) in [5, 5.41) is 0. The monoisotopic (exact) mass is 521 g/mol. The van der Waals surface area contributed by atoms with Gasteiger partial charge in [-0.25, -0.2) is 0 Å². The lowest BCUT2D eigenvalue weighted by molar-refractivity contribution is 0.133. The van der Waals surface area contributed by atoms with Gasteiger partial charge in [0.05, 0.1) is 0 Å². The molecule has 0 spiro atoms. The highest BCUT2D eigenvalue weighted by atomic mass is 14.4. The third-order valence-corrected chi connectivity index (χ3v) is 7.69. The van der Waals surface area contributed by atoms with Crippen LogP contribution in [0.1, 0.15) is 177 Å². The molecule has 2 aliphatic rings. The van der Waals surface area contributed by atoms with E-state index in [1.165, 1.54) is 49.7 Å². The molecule has 0 aliphatic heterocycles.